The van der Waals surface area contributed by atoms with Crippen molar-refractivity contribution in [1.82, 2.24) is 9.71 Å². The van der Waals surface area contributed by atoms with Gasteiger partial charge in [-0.3, -0.25) is 0 Å². The number of hydrogen-bond acceptors (Lipinski definition) is 2. The molecule has 0 saturated heterocycles. The minimum atomic E-state index is 0.0957. The first kappa shape index (κ1) is 9.06. The molecule has 3 heteroatoms. The number of imidazole rings is 1. The molecule has 0 saturated carbocycles. The van der Waals surface area contributed by atoms with Crippen LogP contribution in [0.15, 0.2) is 24.5 Å². The van der Waals surface area contributed by atoms with Crippen molar-refractivity contribution in [1.29, 1.82) is 0 Å². The molecule has 0 unspecified atom stereocenters. The Hall–Kier alpha value is -1.51. The molecule has 0 fully saturated rings. The third-order valence-electron chi connectivity index (χ3n) is 2.39. The van der Waals surface area contributed by atoms with E-state index in [2.05, 4.69) is 31.8 Å². The molecule has 2 rings (SSSR count). The van der Waals surface area contributed by atoms with Crippen molar-refractivity contribution in [3.63, 3.8) is 0 Å². The van der Waals surface area contributed by atoms with Crippen LogP contribution in [0.5, 0.6) is 0 Å². The summed E-state index contributed by atoms with van der Waals surface area (Å²) in [4.78, 5) is 4.05. The number of fused-ring (bicyclic) bond motifs is 1. The van der Waals surface area contributed by atoms with Crippen molar-refractivity contribution in [3.05, 3.63) is 30.1 Å². The molecule has 74 valence electrons. The van der Waals surface area contributed by atoms with E-state index in [1.807, 2.05) is 12.1 Å². The predicted molar refractivity (Wildman–Crippen MR) is 55.6 cm³/mol. The van der Waals surface area contributed by atoms with Gasteiger partial charge in [0, 0.05) is 0 Å². The second kappa shape index (κ2) is 2.74. The van der Waals surface area contributed by atoms with E-state index < -0.39 is 0 Å². The molecule has 1 heterocycles. The maximum Gasteiger partial charge on any atom is 0.133 e. The van der Waals surface area contributed by atoms with E-state index in [-0.39, 0.29) is 5.41 Å². The van der Waals surface area contributed by atoms with Crippen LogP contribution >= 0.6 is 0 Å². The summed E-state index contributed by atoms with van der Waals surface area (Å²) < 4.78 is 1.06. The van der Waals surface area contributed by atoms with Gasteiger partial charge >= 0.3 is 0 Å². The van der Waals surface area contributed by atoms with E-state index in [1.165, 1.54) is 11.9 Å². The Labute approximate surface area is 83.0 Å². The first-order valence-electron chi connectivity index (χ1n) is 4.65. The maximum absolute atomic E-state index is 9.46. The molecule has 1 aromatic heterocycles. The zero-order chi connectivity index (χ0) is 10.3. The van der Waals surface area contributed by atoms with Gasteiger partial charge in [0.15, 0.2) is 0 Å². The molecule has 3 nitrogen and oxygen atoms in total. The summed E-state index contributed by atoms with van der Waals surface area (Å²) in [5.74, 6) is 0. The number of hydrogen-bond donors (Lipinski definition) is 1. The number of benzene rings is 1. The van der Waals surface area contributed by atoms with E-state index in [1.54, 1.807) is 0 Å². The monoisotopic (exact) mass is 190 g/mol. The standard InChI is InChI=1S/C11H14N2O/c1-11(2,3)8-4-5-9-10(6-8)13(14)7-12-9/h4-7,14H,1-3H3. The van der Waals surface area contributed by atoms with Crippen LogP contribution in [0.3, 0.4) is 0 Å². The van der Waals surface area contributed by atoms with Gasteiger partial charge in [-0.1, -0.05) is 26.8 Å². The van der Waals surface area contributed by atoms with Crippen molar-refractivity contribution >= 4 is 11.0 Å². The Kier molecular flexibility index (Phi) is 1.77. The topological polar surface area (TPSA) is 38.0 Å². The second-order valence-corrected chi connectivity index (χ2v) is 4.54. The zero-order valence-corrected chi connectivity index (χ0v) is 8.65. The van der Waals surface area contributed by atoms with Gasteiger partial charge in [0.25, 0.3) is 0 Å². The lowest BCUT2D eigenvalue weighted by molar-refractivity contribution is 0.198. The minimum Gasteiger partial charge on any atom is -0.427 e. The fraction of sp³-hybridized carbons (Fsp3) is 0.364. The third-order valence-corrected chi connectivity index (χ3v) is 2.39. The van der Waals surface area contributed by atoms with Crippen molar-refractivity contribution < 1.29 is 5.21 Å². The van der Waals surface area contributed by atoms with Gasteiger partial charge in [0.2, 0.25) is 0 Å². The zero-order valence-electron chi connectivity index (χ0n) is 8.65. The fourth-order valence-corrected chi connectivity index (χ4v) is 1.46. The predicted octanol–water partition coefficient (Wildman–Crippen LogP) is 2.57. The van der Waals surface area contributed by atoms with E-state index in [4.69, 9.17) is 0 Å². The quantitative estimate of drug-likeness (QED) is 0.648. The summed E-state index contributed by atoms with van der Waals surface area (Å²) in [6.07, 6.45) is 1.41. The van der Waals surface area contributed by atoms with E-state index in [0.717, 1.165) is 15.8 Å². The van der Waals surface area contributed by atoms with Crippen molar-refractivity contribution in [2.45, 2.75) is 26.2 Å². The first-order valence-corrected chi connectivity index (χ1v) is 4.65. The molecule has 14 heavy (non-hydrogen) atoms. The molecule has 2 aromatic rings. The lowest BCUT2D eigenvalue weighted by atomic mass is 9.87. The van der Waals surface area contributed by atoms with Crippen molar-refractivity contribution in [2.75, 3.05) is 0 Å². The molecule has 0 aliphatic rings. The van der Waals surface area contributed by atoms with Gasteiger partial charge in [-0.05, 0) is 23.1 Å². The SMILES string of the molecule is CC(C)(C)c1ccc2ncn(O)c2c1. The van der Waals surface area contributed by atoms with Gasteiger partial charge in [-0.15, -0.1) is 0 Å². The van der Waals surface area contributed by atoms with Crippen LogP contribution in [-0.2, 0) is 5.41 Å². The van der Waals surface area contributed by atoms with Crippen LogP contribution in [0, 0.1) is 0 Å². The van der Waals surface area contributed by atoms with Crippen molar-refractivity contribution in [2.24, 2.45) is 0 Å². The van der Waals surface area contributed by atoms with Crippen LogP contribution in [0.2, 0.25) is 0 Å². The Morgan fingerprint density at radius 1 is 1.29 bits per heavy atom. The van der Waals surface area contributed by atoms with Gasteiger partial charge in [0.05, 0.1) is 5.52 Å². The number of aromatic nitrogens is 2. The maximum atomic E-state index is 9.46. The van der Waals surface area contributed by atoms with E-state index >= 15 is 0 Å². The van der Waals surface area contributed by atoms with Crippen LogP contribution in [0.4, 0.5) is 0 Å². The second-order valence-electron chi connectivity index (χ2n) is 4.54. The molecule has 0 aliphatic carbocycles. The molecule has 0 spiro atoms. The number of rotatable bonds is 0. The molecule has 1 N–H and O–H groups in total. The summed E-state index contributed by atoms with van der Waals surface area (Å²) in [6.45, 7) is 6.44. The summed E-state index contributed by atoms with van der Waals surface area (Å²) in [6, 6.07) is 5.96. The molecule has 0 radical (unpaired) electrons. The molecule has 0 bridgehead atoms. The lowest BCUT2D eigenvalue weighted by Crippen LogP contribution is -2.10. The highest BCUT2D eigenvalue weighted by Gasteiger charge is 2.14. The molecule has 0 atom stereocenters. The average Bonchev–Trinajstić information content (AvgIpc) is 2.46. The minimum absolute atomic E-state index is 0.0957. The van der Waals surface area contributed by atoms with Gasteiger partial charge in [-0.25, -0.2) is 4.98 Å². The molecule has 0 amide bonds. The molecular weight excluding hydrogens is 176 g/mol. The smallest absolute Gasteiger partial charge is 0.133 e. The lowest BCUT2D eigenvalue weighted by Gasteiger charge is -2.18. The highest BCUT2D eigenvalue weighted by atomic mass is 16.5. The Balaban J connectivity index is 2.66. The summed E-state index contributed by atoms with van der Waals surface area (Å²) in [5.41, 5.74) is 2.87. The van der Waals surface area contributed by atoms with Crippen LogP contribution < -0.4 is 0 Å². The first-order chi connectivity index (χ1) is 6.48. The Morgan fingerprint density at radius 2 is 2.00 bits per heavy atom. The fourth-order valence-electron chi connectivity index (χ4n) is 1.46. The average molecular weight is 190 g/mol. The van der Waals surface area contributed by atoms with Crippen molar-refractivity contribution in [3.8, 4) is 0 Å². The van der Waals surface area contributed by atoms with E-state index in [0.29, 0.717) is 0 Å². The summed E-state index contributed by atoms with van der Waals surface area (Å²) in [5, 5.41) is 9.46. The summed E-state index contributed by atoms with van der Waals surface area (Å²) in [7, 11) is 0. The number of nitrogens with zero attached hydrogens (tertiary/aromatic N) is 2. The highest BCUT2D eigenvalue weighted by Crippen LogP contribution is 2.25. The largest absolute Gasteiger partial charge is 0.427 e. The molecular formula is C11H14N2O. The van der Waals surface area contributed by atoms with Crippen LogP contribution in [-0.4, -0.2) is 14.9 Å². The van der Waals surface area contributed by atoms with Gasteiger partial charge < -0.3 is 5.21 Å². The Morgan fingerprint density at radius 3 is 2.64 bits per heavy atom. The van der Waals surface area contributed by atoms with E-state index in [9.17, 15) is 5.21 Å². The highest BCUT2D eigenvalue weighted by molar-refractivity contribution is 5.75. The third kappa shape index (κ3) is 1.35. The van der Waals surface area contributed by atoms with Gasteiger partial charge in [0.1, 0.15) is 11.8 Å². The molecule has 1 aromatic carbocycles. The summed E-state index contributed by atoms with van der Waals surface area (Å²) >= 11 is 0. The normalized spacial score (nSPS) is 12.2. The van der Waals surface area contributed by atoms with Crippen LogP contribution in [0.25, 0.3) is 11.0 Å². The Bertz CT molecular complexity index is 466. The van der Waals surface area contributed by atoms with Crippen LogP contribution in [0.1, 0.15) is 26.3 Å². The molecule has 0 aliphatic heterocycles. The van der Waals surface area contributed by atoms with Gasteiger partial charge in [-0.2, -0.15) is 4.73 Å².